The molecule has 0 aliphatic rings. The molecule has 0 aliphatic carbocycles. The number of hydrogen-bond donors (Lipinski definition) is 2. The summed E-state index contributed by atoms with van der Waals surface area (Å²) in [6.45, 7) is 9.75. The van der Waals surface area contributed by atoms with Gasteiger partial charge in [0.05, 0.1) is 11.4 Å². The number of thioether (sulfide) groups is 1. The molecule has 112 valence electrons. The van der Waals surface area contributed by atoms with Gasteiger partial charge in [0.1, 0.15) is 0 Å². The van der Waals surface area contributed by atoms with Crippen LogP contribution in [0.15, 0.2) is 29.2 Å². The zero-order valence-corrected chi connectivity index (χ0v) is 13.8. The van der Waals surface area contributed by atoms with Gasteiger partial charge in [-0.1, -0.05) is 19.1 Å². The van der Waals surface area contributed by atoms with E-state index in [0.717, 1.165) is 16.9 Å². The molecule has 1 aromatic rings. The van der Waals surface area contributed by atoms with Crippen molar-refractivity contribution in [1.82, 2.24) is 5.32 Å². The van der Waals surface area contributed by atoms with Crippen LogP contribution in [0.4, 0.5) is 0 Å². The van der Waals surface area contributed by atoms with Crippen LogP contribution in [0.2, 0.25) is 0 Å². The van der Waals surface area contributed by atoms with E-state index in [0.29, 0.717) is 0 Å². The van der Waals surface area contributed by atoms with E-state index in [4.69, 9.17) is 0 Å². The lowest BCUT2D eigenvalue weighted by Crippen LogP contribution is -2.46. The Kier molecular flexibility index (Phi) is 6.08. The Labute approximate surface area is 126 Å². The van der Waals surface area contributed by atoms with Gasteiger partial charge in [-0.2, -0.15) is 0 Å². The molecular formula is C16H25NO2S. The first-order valence-electron chi connectivity index (χ1n) is 7.02. The molecule has 1 aromatic carbocycles. The highest BCUT2D eigenvalue weighted by atomic mass is 32.2. The maximum atomic E-state index is 12.2. The second-order valence-electron chi connectivity index (χ2n) is 5.74. The molecule has 1 amide bonds. The number of aliphatic hydroxyl groups is 1. The predicted octanol–water partition coefficient (Wildman–Crippen LogP) is 3.53. The SMILES string of the molecule is CCC(C)(C)NC(=O)C(C)Sc1cccc(C(C)O)c1. The first-order chi connectivity index (χ1) is 9.25. The van der Waals surface area contributed by atoms with Gasteiger partial charge >= 0.3 is 0 Å². The average molecular weight is 295 g/mol. The molecule has 0 heterocycles. The molecule has 0 fully saturated rings. The second kappa shape index (κ2) is 7.14. The summed E-state index contributed by atoms with van der Waals surface area (Å²) in [5, 5.41) is 12.5. The molecule has 0 radical (unpaired) electrons. The number of hydrogen-bond acceptors (Lipinski definition) is 3. The molecule has 20 heavy (non-hydrogen) atoms. The highest BCUT2D eigenvalue weighted by Crippen LogP contribution is 2.26. The number of carbonyl (C=O) groups excluding carboxylic acids is 1. The first kappa shape index (κ1) is 17.1. The summed E-state index contributed by atoms with van der Waals surface area (Å²) in [4.78, 5) is 13.2. The smallest absolute Gasteiger partial charge is 0.233 e. The fourth-order valence-electron chi connectivity index (χ4n) is 1.63. The van der Waals surface area contributed by atoms with Gasteiger partial charge in [-0.05, 0) is 51.8 Å². The number of rotatable bonds is 6. The van der Waals surface area contributed by atoms with Crippen molar-refractivity contribution in [2.75, 3.05) is 0 Å². The molecule has 0 aromatic heterocycles. The van der Waals surface area contributed by atoms with E-state index in [1.807, 2.05) is 45.0 Å². The average Bonchev–Trinajstić information content (AvgIpc) is 2.38. The molecule has 0 aliphatic heterocycles. The third-order valence-corrected chi connectivity index (χ3v) is 4.46. The minimum absolute atomic E-state index is 0.0456. The number of benzene rings is 1. The van der Waals surface area contributed by atoms with E-state index in [-0.39, 0.29) is 16.7 Å². The van der Waals surface area contributed by atoms with E-state index < -0.39 is 6.10 Å². The second-order valence-corrected chi connectivity index (χ2v) is 7.15. The summed E-state index contributed by atoms with van der Waals surface area (Å²) in [5.74, 6) is 0.0456. The Bertz CT molecular complexity index is 458. The van der Waals surface area contributed by atoms with Gasteiger partial charge in [0.2, 0.25) is 5.91 Å². The highest BCUT2D eigenvalue weighted by molar-refractivity contribution is 8.00. The summed E-state index contributed by atoms with van der Waals surface area (Å²) >= 11 is 1.51. The molecular weight excluding hydrogens is 270 g/mol. The van der Waals surface area contributed by atoms with Crippen LogP contribution in [0.1, 0.15) is 52.7 Å². The summed E-state index contributed by atoms with van der Waals surface area (Å²) in [6, 6.07) is 7.69. The van der Waals surface area contributed by atoms with Crippen molar-refractivity contribution in [1.29, 1.82) is 0 Å². The molecule has 0 spiro atoms. The molecule has 0 bridgehead atoms. The van der Waals surface area contributed by atoms with Crippen LogP contribution in [0.25, 0.3) is 0 Å². The zero-order valence-electron chi connectivity index (χ0n) is 12.9. The molecule has 2 unspecified atom stereocenters. The van der Waals surface area contributed by atoms with Crippen LogP contribution in [0.3, 0.4) is 0 Å². The molecule has 3 nitrogen and oxygen atoms in total. The Balaban J connectivity index is 2.68. The number of carbonyl (C=O) groups is 1. The monoisotopic (exact) mass is 295 g/mol. The standard InChI is InChI=1S/C16H25NO2S/c1-6-16(4,5)17-15(19)12(3)20-14-9-7-8-13(10-14)11(2)18/h7-12,18H,6H2,1-5H3,(H,17,19). The quantitative estimate of drug-likeness (QED) is 0.789. The Hall–Kier alpha value is -1.00. The summed E-state index contributed by atoms with van der Waals surface area (Å²) in [6.07, 6.45) is 0.409. The summed E-state index contributed by atoms with van der Waals surface area (Å²) < 4.78 is 0. The van der Waals surface area contributed by atoms with Crippen molar-refractivity contribution in [3.8, 4) is 0 Å². The lowest BCUT2D eigenvalue weighted by atomic mass is 10.0. The fraction of sp³-hybridized carbons (Fsp3) is 0.562. The largest absolute Gasteiger partial charge is 0.389 e. The molecule has 2 N–H and O–H groups in total. The van der Waals surface area contributed by atoms with Crippen molar-refractivity contribution in [3.63, 3.8) is 0 Å². The van der Waals surface area contributed by atoms with E-state index in [2.05, 4.69) is 12.2 Å². The van der Waals surface area contributed by atoms with Gasteiger partial charge in [0, 0.05) is 10.4 Å². The highest BCUT2D eigenvalue weighted by Gasteiger charge is 2.22. The number of nitrogens with one attached hydrogen (secondary N) is 1. The third-order valence-electron chi connectivity index (χ3n) is 3.37. The van der Waals surface area contributed by atoms with Gasteiger partial charge < -0.3 is 10.4 Å². The van der Waals surface area contributed by atoms with Gasteiger partial charge in [0.25, 0.3) is 0 Å². The van der Waals surface area contributed by atoms with Crippen LogP contribution in [0, 0.1) is 0 Å². The lowest BCUT2D eigenvalue weighted by Gasteiger charge is -2.26. The minimum atomic E-state index is -0.487. The third kappa shape index (κ3) is 5.17. The van der Waals surface area contributed by atoms with Crippen molar-refractivity contribution >= 4 is 17.7 Å². The summed E-state index contributed by atoms with van der Waals surface area (Å²) in [7, 11) is 0. The van der Waals surface area contributed by atoms with Gasteiger partial charge in [-0.25, -0.2) is 0 Å². The lowest BCUT2D eigenvalue weighted by molar-refractivity contribution is -0.121. The zero-order chi connectivity index (χ0) is 15.3. The van der Waals surface area contributed by atoms with Gasteiger partial charge in [0.15, 0.2) is 0 Å². The summed E-state index contributed by atoms with van der Waals surface area (Å²) in [5.41, 5.74) is 0.699. The number of aliphatic hydroxyl groups excluding tert-OH is 1. The van der Waals surface area contributed by atoms with Crippen LogP contribution in [-0.4, -0.2) is 21.8 Å². The van der Waals surface area contributed by atoms with Gasteiger partial charge in [-0.15, -0.1) is 11.8 Å². The van der Waals surface area contributed by atoms with Crippen LogP contribution in [-0.2, 0) is 4.79 Å². The normalized spacial score (nSPS) is 14.7. The van der Waals surface area contributed by atoms with Gasteiger partial charge in [-0.3, -0.25) is 4.79 Å². The maximum absolute atomic E-state index is 12.2. The van der Waals surface area contributed by atoms with Crippen molar-refractivity contribution in [2.24, 2.45) is 0 Å². The van der Waals surface area contributed by atoms with Crippen molar-refractivity contribution in [3.05, 3.63) is 29.8 Å². The minimum Gasteiger partial charge on any atom is -0.389 e. The number of amides is 1. The molecule has 0 saturated heterocycles. The van der Waals surface area contributed by atoms with Crippen LogP contribution in [0.5, 0.6) is 0 Å². The van der Waals surface area contributed by atoms with E-state index >= 15 is 0 Å². The topological polar surface area (TPSA) is 49.3 Å². The molecule has 4 heteroatoms. The van der Waals surface area contributed by atoms with Crippen molar-refractivity contribution < 1.29 is 9.90 Å². The Morgan fingerprint density at radius 3 is 2.60 bits per heavy atom. The van der Waals surface area contributed by atoms with E-state index in [9.17, 15) is 9.90 Å². The molecule has 1 rings (SSSR count). The predicted molar refractivity (Wildman–Crippen MR) is 84.9 cm³/mol. The van der Waals surface area contributed by atoms with Crippen LogP contribution >= 0.6 is 11.8 Å². The first-order valence-corrected chi connectivity index (χ1v) is 7.90. The molecule has 0 saturated carbocycles. The molecule has 2 atom stereocenters. The van der Waals surface area contributed by atoms with E-state index in [1.54, 1.807) is 6.92 Å². The van der Waals surface area contributed by atoms with Crippen molar-refractivity contribution in [2.45, 2.75) is 62.8 Å². The Morgan fingerprint density at radius 1 is 1.40 bits per heavy atom. The van der Waals surface area contributed by atoms with Crippen LogP contribution < -0.4 is 5.32 Å². The van der Waals surface area contributed by atoms with E-state index in [1.165, 1.54) is 11.8 Å². The fourth-order valence-corrected chi connectivity index (χ4v) is 2.56. The maximum Gasteiger partial charge on any atom is 0.233 e. The Morgan fingerprint density at radius 2 is 2.05 bits per heavy atom.